The molecular weight excluding hydrogens is 202 g/mol. The van der Waals surface area contributed by atoms with Gasteiger partial charge in [0.25, 0.3) is 0 Å². The summed E-state index contributed by atoms with van der Waals surface area (Å²) in [5.74, 6) is 2.64. The molecule has 1 heterocycles. The number of aryl methyl sites for hydroxylation is 1. The van der Waals surface area contributed by atoms with Gasteiger partial charge in [-0.15, -0.1) is 0 Å². The first-order valence-electron chi connectivity index (χ1n) is 5.85. The number of hydrogen-bond acceptors (Lipinski definition) is 2. The van der Waals surface area contributed by atoms with Crippen molar-refractivity contribution in [3.63, 3.8) is 0 Å². The predicted octanol–water partition coefficient (Wildman–Crippen LogP) is 2.77. The zero-order valence-electron chi connectivity index (χ0n) is 8.91. The molecule has 0 amide bonds. The topological polar surface area (TPSA) is 12.0 Å². The number of rotatable bonds is 2. The molecule has 1 aromatic carbocycles. The maximum Gasteiger partial charge on any atom is 0.0328 e. The highest BCUT2D eigenvalue weighted by atomic mass is 32.2. The Morgan fingerprint density at radius 2 is 2.13 bits per heavy atom. The van der Waals surface area contributed by atoms with Gasteiger partial charge in [-0.2, -0.15) is 11.8 Å². The van der Waals surface area contributed by atoms with E-state index in [4.69, 9.17) is 0 Å². The van der Waals surface area contributed by atoms with Crippen molar-refractivity contribution in [1.29, 1.82) is 0 Å². The molecule has 1 saturated heterocycles. The van der Waals surface area contributed by atoms with Crippen LogP contribution in [0, 0.1) is 0 Å². The highest BCUT2D eigenvalue weighted by Gasteiger charge is 2.25. The average molecular weight is 219 g/mol. The minimum atomic E-state index is 0.630. The second kappa shape index (κ2) is 4.18. The molecule has 1 aliphatic carbocycles. The lowest BCUT2D eigenvalue weighted by Crippen LogP contribution is -2.31. The second-order valence-electron chi connectivity index (χ2n) is 4.52. The van der Waals surface area contributed by atoms with Gasteiger partial charge in [0, 0.05) is 17.8 Å². The first kappa shape index (κ1) is 9.73. The summed E-state index contributed by atoms with van der Waals surface area (Å²) in [5, 5.41) is 3.81. The van der Waals surface area contributed by atoms with E-state index >= 15 is 0 Å². The van der Waals surface area contributed by atoms with Crippen LogP contribution in [0.5, 0.6) is 0 Å². The lowest BCUT2D eigenvalue weighted by Gasteiger charge is -2.18. The molecule has 80 valence electrons. The summed E-state index contributed by atoms with van der Waals surface area (Å²) in [6.45, 7) is 0. The van der Waals surface area contributed by atoms with Crippen molar-refractivity contribution in [2.24, 2.45) is 0 Å². The highest BCUT2D eigenvalue weighted by Crippen LogP contribution is 2.32. The summed E-state index contributed by atoms with van der Waals surface area (Å²) in [6.07, 6.45) is 3.90. The standard InChI is InChI=1S/C13H17NS/c1-2-4-12-10(3-1)5-6-13(12)14-11-7-8-15-9-11/h1-4,11,13-14H,5-9H2. The second-order valence-corrected chi connectivity index (χ2v) is 5.67. The zero-order chi connectivity index (χ0) is 10.1. The Balaban J connectivity index is 1.73. The van der Waals surface area contributed by atoms with Gasteiger partial charge in [-0.05, 0) is 36.1 Å². The Bertz CT molecular complexity index is 344. The molecule has 1 nitrogen and oxygen atoms in total. The van der Waals surface area contributed by atoms with Gasteiger partial charge >= 0.3 is 0 Å². The van der Waals surface area contributed by atoms with Crippen LogP contribution < -0.4 is 5.32 Å². The van der Waals surface area contributed by atoms with E-state index in [2.05, 4.69) is 41.3 Å². The Kier molecular flexibility index (Phi) is 2.72. The van der Waals surface area contributed by atoms with Crippen molar-refractivity contribution in [2.75, 3.05) is 11.5 Å². The van der Waals surface area contributed by atoms with Gasteiger partial charge in [0.1, 0.15) is 0 Å². The first-order chi connectivity index (χ1) is 7.43. The molecule has 1 aromatic rings. The fourth-order valence-electron chi connectivity index (χ4n) is 2.68. The minimum absolute atomic E-state index is 0.630. The van der Waals surface area contributed by atoms with Crippen LogP contribution in [-0.4, -0.2) is 17.5 Å². The maximum absolute atomic E-state index is 3.81. The smallest absolute Gasteiger partial charge is 0.0328 e. The van der Waals surface area contributed by atoms with Crippen molar-refractivity contribution < 1.29 is 0 Å². The van der Waals surface area contributed by atoms with Crippen molar-refractivity contribution >= 4 is 11.8 Å². The predicted molar refractivity (Wildman–Crippen MR) is 66.4 cm³/mol. The summed E-state index contributed by atoms with van der Waals surface area (Å²) < 4.78 is 0. The fraction of sp³-hybridized carbons (Fsp3) is 0.538. The molecule has 1 fully saturated rings. The van der Waals surface area contributed by atoms with E-state index in [9.17, 15) is 0 Å². The number of fused-ring (bicyclic) bond motifs is 1. The summed E-state index contributed by atoms with van der Waals surface area (Å²) in [6, 6.07) is 10.3. The summed E-state index contributed by atoms with van der Waals surface area (Å²) in [7, 11) is 0. The lowest BCUT2D eigenvalue weighted by atomic mass is 10.1. The van der Waals surface area contributed by atoms with Gasteiger partial charge in [-0.3, -0.25) is 0 Å². The van der Waals surface area contributed by atoms with E-state index in [1.54, 1.807) is 11.1 Å². The first-order valence-corrected chi connectivity index (χ1v) is 7.00. The van der Waals surface area contributed by atoms with E-state index in [1.165, 1.54) is 30.8 Å². The van der Waals surface area contributed by atoms with Gasteiger partial charge in [0.15, 0.2) is 0 Å². The third-order valence-electron chi connectivity index (χ3n) is 3.50. The van der Waals surface area contributed by atoms with Crippen molar-refractivity contribution in [1.82, 2.24) is 5.32 Å². The normalized spacial score (nSPS) is 29.3. The zero-order valence-corrected chi connectivity index (χ0v) is 9.72. The van der Waals surface area contributed by atoms with Crippen molar-refractivity contribution in [2.45, 2.75) is 31.3 Å². The van der Waals surface area contributed by atoms with Crippen LogP contribution in [0.15, 0.2) is 24.3 Å². The fourth-order valence-corrected chi connectivity index (χ4v) is 3.85. The van der Waals surface area contributed by atoms with Crippen LogP contribution in [-0.2, 0) is 6.42 Å². The molecule has 2 atom stereocenters. The van der Waals surface area contributed by atoms with Gasteiger partial charge in [0.2, 0.25) is 0 Å². The molecule has 0 aromatic heterocycles. The van der Waals surface area contributed by atoms with E-state index in [0.717, 1.165) is 6.04 Å². The number of thioether (sulfide) groups is 1. The van der Waals surface area contributed by atoms with Crippen molar-refractivity contribution in [3.8, 4) is 0 Å². The molecule has 3 rings (SSSR count). The molecule has 0 radical (unpaired) electrons. The molecule has 1 N–H and O–H groups in total. The summed E-state index contributed by atoms with van der Waals surface area (Å²) >= 11 is 2.08. The monoisotopic (exact) mass is 219 g/mol. The minimum Gasteiger partial charge on any atom is -0.306 e. The average Bonchev–Trinajstić information content (AvgIpc) is 2.89. The van der Waals surface area contributed by atoms with E-state index in [0.29, 0.717) is 6.04 Å². The molecule has 1 aliphatic heterocycles. The molecule has 2 unspecified atom stereocenters. The van der Waals surface area contributed by atoms with Gasteiger partial charge in [-0.1, -0.05) is 24.3 Å². The van der Waals surface area contributed by atoms with Crippen LogP contribution in [0.4, 0.5) is 0 Å². The lowest BCUT2D eigenvalue weighted by molar-refractivity contribution is 0.459. The van der Waals surface area contributed by atoms with Crippen LogP contribution in [0.25, 0.3) is 0 Å². The maximum atomic E-state index is 3.81. The molecule has 15 heavy (non-hydrogen) atoms. The molecular formula is C13H17NS. The molecule has 0 bridgehead atoms. The van der Waals surface area contributed by atoms with Gasteiger partial charge in [-0.25, -0.2) is 0 Å². The van der Waals surface area contributed by atoms with Crippen LogP contribution in [0.2, 0.25) is 0 Å². The number of nitrogens with one attached hydrogen (secondary N) is 1. The Morgan fingerprint density at radius 1 is 1.20 bits per heavy atom. The van der Waals surface area contributed by atoms with Gasteiger partial charge < -0.3 is 5.32 Å². The summed E-state index contributed by atoms with van der Waals surface area (Å²) in [4.78, 5) is 0. The van der Waals surface area contributed by atoms with E-state index in [1.807, 2.05) is 0 Å². The van der Waals surface area contributed by atoms with Crippen LogP contribution in [0.1, 0.15) is 30.0 Å². The van der Waals surface area contributed by atoms with E-state index < -0.39 is 0 Å². The third-order valence-corrected chi connectivity index (χ3v) is 4.66. The highest BCUT2D eigenvalue weighted by molar-refractivity contribution is 7.99. The summed E-state index contributed by atoms with van der Waals surface area (Å²) in [5.41, 5.74) is 3.11. The quantitative estimate of drug-likeness (QED) is 0.821. The van der Waals surface area contributed by atoms with Crippen LogP contribution >= 0.6 is 11.8 Å². The van der Waals surface area contributed by atoms with Crippen molar-refractivity contribution in [3.05, 3.63) is 35.4 Å². The van der Waals surface area contributed by atoms with Crippen LogP contribution in [0.3, 0.4) is 0 Å². The number of benzene rings is 1. The Labute approximate surface area is 95.6 Å². The van der Waals surface area contributed by atoms with Gasteiger partial charge in [0.05, 0.1) is 0 Å². The van der Waals surface area contributed by atoms with E-state index in [-0.39, 0.29) is 0 Å². The number of hydrogen-bond donors (Lipinski definition) is 1. The Morgan fingerprint density at radius 3 is 3.00 bits per heavy atom. The largest absolute Gasteiger partial charge is 0.306 e. The Hall–Kier alpha value is -0.470. The molecule has 2 aliphatic rings. The molecule has 0 saturated carbocycles. The SMILES string of the molecule is c1ccc2c(c1)CCC2NC1CCSC1. The molecule has 2 heteroatoms. The molecule has 0 spiro atoms. The third kappa shape index (κ3) is 1.93.